The monoisotopic (exact) mass is 621 g/mol. The van der Waals surface area contributed by atoms with E-state index in [0.717, 1.165) is 6.42 Å². The fourth-order valence-electron chi connectivity index (χ4n) is 5.25. The lowest BCUT2D eigenvalue weighted by molar-refractivity contribution is -0.116. The molecule has 0 atom stereocenters. The Hall–Kier alpha value is -4.49. The summed E-state index contributed by atoms with van der Waals surface area (Å²) in [5.41, 5.74) is 2.41. The summed E-state index contributed by atoms with van der Waals surface area (Å²) in [6.45, 7) is 4.06. The number of piperidine rings is 1. The maximum atomic E-state index is 14.0. The van der Waals surface area contributed by atoms with Crippen molar-refractivity contribution >= 4 is 32.9 Å². The van der Waals surface area contributed by atoms with Gasteiger partial charge in [0.2, 0.25) is 10.0 Å². The number of ether oxygens (including phenoxy) is 3. The minimum absolute atomic E-state index is 0.0181. The lowest BCUT2D eigenvalue weighted by atomic mass is 10.0. The Bertz CT molecular complexity index is 1910. The van der Waals surface area contributed by atoms with Gasteiger partial charge in [-0.05, 0) is 55.3 Å². The molecule has 1 saturated heterocycles. The first kappa shape index (κ1) is 31.0. The van der Waals surface area contributed by atoms with Crippen LogP contribution in [0.15, 0.2) is 51.7 Å². The molecule has 0 unspecified atom stereocenters. The van der Waals surface area contributed by atoms with Crippen molar-refractivity contribution in [3.8, 4) is 28.6 Å². The first-order valence-electron chi connectivity index (χ1n) is 14.3. The minimum atomic E-state index is -4.06. The first-order valence-corrected chi connectivity index (χ1v) is 15.7. The summed E-state index contributed by atoms with van der Waals surface area (Å²) in [4.78, 5) is 33.5. The lowest BCUT2D eigenvalue weighted by Crippen LogP contribution is -2.40. The Labute approximate surface area is 255 Å². The van der Waals surface area contributed by atoms with Crippen LogP contribution in [-0.2, 0) is 28.3 Å². The van der Waals surface area contributed by atoms with Crippen LogP contribution in [0.5, 0.6) is 17.2 Å². The van der Waals surface area contributed by atoms with Gasteiger partial charge in [-0.3, -0.25) is 14.3 Å². The van der Waals surface area contributed by atoms with Crippen LogP contribution in [0.4, 0.5) is 0 Å². The third-order valence-corrected chi connectivity index (χ3v) is 9.24. The molecule has 1 N–H and O–H groups in total. The molecule has 0 aliphatic carbocycles. The number of aromatic nitrogens is 4. The van der Waals surface area contributed by atoms with Gasteiger partial charge in [-0.1, -0.05) is 13.3 Å². The Morgan fingerprint density at radius 1 is 1.05 bits per heavy atom. The van der Waals surface area contributed by atoms with Crippen molar-refractivity contribution < 1.29 is 27.4 Å². The number of aryl methyl sites for hydroxylation is 2. The molecule has 4 aromatic rings. The van der Waals surface area contributed by atoms with Gasteiger partial charge in [0.15, 0.2) is 11.3 Å². The highest BCUT2D eigenvalue weighted by Crippen LogP contribution is 2.33. The third-order valence-electron chi connectivity index (χ3n) is 7.40. The number of ketones is 1. The fraction of sp³-hybridized carbons (Fsp3) is 0.355. The van der Waals surface area contributed by atoms with Gasteiger partial charge in [-0.25, -0.2) is 13.4 Å². The van der Waals surface area contributed by atoms with E-state index in [1.807, 2.05) is 13.8 Å². The number of carbonyl (C=O) groups excluding carboxylic acids is 1. The number of Topliss-reactive ketones (excluding diaryl/α,β-unsaturated/α-hetero) is 1. The average Bonchev–Trinajstić information content (AvgIpc) is 3.33. The van der Waals surface area contributed by atoms with E-state index in [1.165, 1.54) is 35.3 Å². The summed E-state index contributed by atoms with van der Waals surface area (Å²) in [6.07, 6.45) is 3.13. The molecule has 1 fully saturated rings. The van der Waals surface area contributed by atoms with Crippen molar-refractivity contribution in [1.82, 2.24) is 24.1 Å². The second-order valence-electron chi connectivity index (χ2n) is 10.4. The summed E-state index contributed by atoms with van der Waals surface area (Å²) in [5.74, 6) is 1.50. The van der Waals surface area contributed by atoms with E-state index in [9.17, 15) is 18.0 Å². The quantitative estimate of drug-likeness (QED) is 0.262. The van der Waals surface area contributed by atoms with Crippen molar-refractivity contribution in [2.75, 3.05) is 33.9 Å². The predicted molar refractivity (Wildman–Crippen MR) is 166 cm³/mol. The number of nitrogens with zero attached hydrogens (tertiary/aromatic N) is 4. The van der Waals surface area contributed by atoms with Crippen molar-refractivity contribution in [1.29, 1.82) is 0 Å². The van der Waals surface area contributed by atoms with E-state index < -0.39 is 15.6 Å². The van der Waals surface area contributed by atoms with Gasteiger partial charge < -0.3 is 19.2 Å². The molecule has 0 amide bonds. The zero-order chi connectivity index (χ0) is 31.6. The number of rotatable bonds is 10. The number of methoxy groups -OCH3 is 2. The van der Waals surface area contributed by atoms with Crippen LogP contribution in [-0.4, -0.2) is 72.2 Å². The number of benzene rings is 2. The van der Waals surface area contributed by atoms with Gasteiger partial charge >= 0.3 is 0 Å². The summed E-state index contributed by atoms with van der Waals surface area (Å²) >= 11 is 0. The largest absolute Gasteiger partial charge is 0.497 e. The molecule has 12 nitrogen and oxygen atoms in total. The van der Waals surface area contributed by atoms with Gasteiger partial charge in [0.05, 0.1) is 37.0 Å². The molecule has 232 valence electrons. The molecule has 1 aliphatic rings. The number of hydrogen-bond acceptors (Lipinski definition) is 9. The third kappa shape index (κ3) is 5.97. The highest BCUT2D eigenvalue weighted by Gasteiger charge is 2.32. The molecule has 3 heterocycles. The van der Waals surface area contributed by atoms with E-state index in [0.29, 0.717) is 63.7 Å². The fourth-order valence-corrected chi connectivity index (χ4v) is 6.70. The standard InChI is InChI=1S/C31H35N5O7S/c1-6-8-25-28-29(35(3)34-25)31(38)33-30(32-28)24-17-23(9-10-27(24)43-7-2)44(39,40)36-12-11-26(37)20(18-36)13-19-14-21(41-4)16-22(15-19)42-5/h9-10,13-17H,6-8,11-12,18H2,1-5H3,(H,32,33,38)/b20-13+. The summed E-state index contributed by atoms with van der Waals surface area (Å²) < 4.78 is 47.2. The molecule has 0 bridgehead atoms. The Kier molecular flexibility index (Phi) is 8.88. The molecule has 13 heteroatoms. The molecule has 5 rings (SSSR count). The molecule has 0 radical (unpaired) electrons. The first-order chi connectivity index (χ1) is 21.1. The molecule has 2 aromatic carbocycles. The molecule has 44 heavy (non-hydrogen) atoms. The SMILES string of the molecule is CCCc1nn(C)c2c(=O)[nH]c(-c3cc(S(=O)(=O)N4CCC(=O)/C(=C/c5cc(OC)cc(OC)c5)C4)ccc3OCC)nc12. The number of hydrogen-bond donors (Lipinski definition) is 1. The van der Waals surface area contributed by atoms with Crippen LogP contribution in [0.3, 0.4) is 0 Å². The van der Waals surface area contributed by atoms with Crippen LogP contribution in [0.25, 0.3) is 28.5 Å². The predicted octanol–water partition coefficient (Wildman–Crippen LogP) is 3.74. The van der Waals surface area contributed by atoms with Crippen molar-refractivity contribution in [2.24, 2.45) is 7.05 Å². The van der Waals surface area contributed by atoms with Crippen molar-refractivity contribution in [3.63, 3.8) is 0 Å². The lowest BCUT2D eigenvalue weighted by Gasteiger charge is -2.27. The second-order valence-corrected chi connectivity index (χ2v) is 12.3. The molecule has 0 saturated carbocycles. The number of fused-ring (bicyclic) bond motifs is 1. The van der Waals surface area contributed by atoms with Crippen LogP contribution in [0, 0.1) is 0 Å². The number of aromatic amines is 1. The van der Waals surface area contributed by atoms with Gasteiger partial charge in [0.25, 0.3) is 5.56 Å². The summed E-state index contributed by atoms with van der Waals surface area (Å²) in [7, 11) is 0.681. The van der Waals surface area contributed by atoms with Crippen LogP contribution in [0.1, 0.15) is 37.9 Å². The molecule has 1 aliphatic heterocycles. The van der Waals surface area contributed by atoms with E-state index in [2.05, 4.69) is 10.1 Å². The average molecular weight is 622 g/mol. The Balaban J connectivity index is 1.55. The number of nitrogens with one attached hydrogen (secondary N) is 1. The van der Waals surface area contributed by atoms with Crippen LogP contribution >= 0.6 is 0 Å². The normalized spacial score (nSPS) is 15.2. The highest BCUT2D eigenvalue weighted by atomic mass is 32.2. The number of H-pyrrole nitrogens is 1. The second kappa shape index (κ2) is 12.6. The summed E-state index contributed by atoms with van der Waals surface area (Å²) in [5, 5.41) is 4.47. The molecular formula is C31H35N5O7S. The molecular weight excluding hydrogens is 586 g/mol. The van der Waals surface area contributed by atoms with E-state index in [1.54, 1.807) is 37.4 Å². The number of carbonyl (C=O) groups is 1. The Morgan fingerprint density at radius 2 is 1.77 bits per heavy atom. The smallest absolute Gasteiger partial charge is 0.277 e. The van der Waals surface area contributed by atoms with Crippen molar-refractivity contribution in [2.45, 2.75) is 38.0 Å². The van der Waals surface area contributed by atoms with Gasteiger partial charge in [-0.2, -0.15) is 9.40 Å². The summed E-state index contributed by atoms with van der Waals surface area (Å²) in [6, 6.07) is 9.67. The number of sulfonamides is 1. The van der Waals surface area contributed by atoms with Crippen LogP contribution < -0.4 is 19.8 Å². The molecule has 2 aromatic heterocycles. The van der Waals surface area contributed by atoms with Gasteiger partial charge in [0, 0.05) is 38.2 Å². The highest BCUT2D eigenvalue weighted by molar-refractivity contribution is 7.89. The topological polar surface area (TPSA) is 146 Å². The van der Waals surface area contributed by atoms with E-state index >= 15 is 0 Å². The zero-order valence-corrected chi connectivity index (χ0v) is 26.2. The van der Waals surface area contributed by atoms with Crippen molar-refractivity contribution in [3.05, 3.63) is 63.6 Å². The van der Waals surface area contributed by atoms with E-state index in [4.69, 9.17) is 19.2 Å². The molecule has 0 spiro atoms. The minimum Gasteiger partial charge on any atom is -0.497 e. The maximum Gasteiger partial charge on any atom is 0.277 e. The zero-order valence-electron chi connectivity index (χ0n) is 25.3. The van der Waals surface area contributed by atoms with E-state index in [-0.39, 0.29) is 36.0 Å². The Morgan fingerprint density at radius 3 is 2.43 bits per heavy atom. The van der Waals surface area contributed by atoms with Gasteiger partial charge in [0.1, 0.15) is 28.6 Å². The maximum absolute atomic E-state index is 14.0. The van der Waals surface area contributed by atoms with Crippen LogP contribution in [0.2, 0.25) is 0 Å². The van der Waals surface area contributed by atoms with Gasteiger partial charge in [-0.15, -0.1) is 0 Å².